The van der Waals surface area contributed by atoms with Gasteiger partial charge in [0.1, 0.15) is 6.54 Å². The Morgan fingerprint density at radius 1 is 1.21 bits per heavy atom. The highest BCUT2D eigenvalue weighted by molar-refractivity contribution is 5.95. The van der Waals surface area contributed by atoms with Gasteiger partial charge in [-0.3, -0.25) is 14.3 Å². The Morgan fingerprint density at radius 3 is 2.36 bits per heavy atom. The number of carbonyl (C=O) groups is 2. The number of benzene rings is 1. The van der Waals surface area contributed by atoms with Crippen molar-refractivity contribution in [3.05, 3.63) is 46.8 Å². The van der Waals surface area contributed by atoms with E-state index in [-0.39, 0.29) is 12.3 Å². The van der Waals surface area contributed by atoms with Crippen molar-refractivity contribution in [1.29, 1.82) is 0 Å². The lowest BCUT2D eigenvalue weighted by molar-refractivity contribution is -0.143. The first-order chi connectivity index (χ1) is 13.0. The maximum atomic E-state index is 12.7. The highest BCUT2D eigenvalue weighted by Crippen LogP contribution is 2.27. The lowest BCUT2D eigenvalue weighted by Gasteiger charge is -2.14. The molecule has 0 radical (unpaired) electrons. The van der Waals surface area contributed by atoms with Crippen LogP contribution in [0.5, 0.6) is 0 Å². The normalized spacial score (nSPS) is 12.6. The van der Waals surface area contributed by atoms with Crippen molar-refractivity contribution in [3.8, 4) is 0 Å². The molecule has 1 amide bonds. The van der Waals surface area contributed by atoms with Gasteiger partial charge in [-0.15, -0.1) is 0 Å². The summed E-state index contributed by atoms with van der Waals surface area (Å²) < 4.78 is 38.9. The van der Waals surface area contributed by atoms with Crippen molar-refractivity contribution >= 4 is 17.6 Å². The van der Waals surface area contributed by atoms with E-state index in [1.54, 1.807) is 38.1 Å². The number of halogens is 3. The van der Waals surface area contributed by atoms with Crippen LogP contribution < -0.4 is 5.32 Å². The Hall–Kier alpha value is -2.84. The first-order valence-electron chi connectivity index (χ1n) is 8.70. The minimum atomic E-state index is -4.39. The van der Waals surface area contributed by atoms with Crippen molar-refractivity contribution in [2.24, 2.45) is 0 Å². The van der Waals surface area contributed by atoms with Gasteiger partial charge in [-0.1, -0.05) is 12.1 Å². The largest absolute Gasteiger partial charge is 0.481 e. The summed E-state index contributed by atoms with van der Waals surface area (Å²) >= 11 is 0. The van der Waals surface area contributed by atoms with E-state index in [2.05, 4.69) is 10.4 Å². The zero-order valence-electron chi connectivity index (χ0n) is 15.8. The van der Waals surface area contributed by atoms with Crippen LogP contribution in [0.25, 0.3) is 0 Å². The van der Waals surface area contributed by atoms with Gasteiger partial charge in [-0.05, 0) is 44.9 Å². The molecule has 0 bridgehead atoms. The first kappa shape index (κ1) is 21.5. The fourth-order valence-corrected chi connectivity index (χ4v) is 3.05. The van der Waals surface area contributed by atoms with E-state index >= 15 is 0 Å². The Balaban J connectivity index is 2.09. The molecule has 9 heteroatoms. The van der Waals surface area contributed by atoms with Gasteiger partial charge in [0.15, 0.2) is 0 Å². The number of alkyl halides is 3. The molecule has 6 nitrogen and oxygen atoms in total. The van der Waals surface area contributed by atoms with Crippen LogP contribution in [0.3, 0.4) is 0 Å². The molecule has 0 spiro atoms. The number of nitrogens with zero attached hydrogens (tertiary/aromatic N) is 2. The molecule has 0 aliphatic heterocycles. The Labute approximate surface area is 160 Å². The SMILES string of the molecule is Cc1nn(CC(F)(F)F)c(C)c1C(C)C(=O)Nc1ccc(CCC(=O)O)cc1. The van der Waals surface area contributed by atoms with Crippen LogP contribution in [-0.4, -0.2) is 32.9 Å². The molecule has 1 aromatic heterocycles. The smallest absolute Gasteiger partial charge is 0.408 e. The molecule has 1 heterocycles. The van der Waals surface area contributed by atoms with E-state index in [4.69, 9.17) is 5.11 Å². The minimum Gasteiger partial charge on any atom is -0.481 e. The maximum Gasteiger partial charge on any atom is 0.408 e. The van der Waals surface area contributed by atoms with Crippen LogP contribution in [0.4, 0.5) is 18.9 Å². The number of carboxylic acid groups (broad SMARTS) is 1. The molecule has 0 saturated heterocycles. The zero-order valence-corrected chi connectivity index (χ0v) is 15.8. The third kappa shape index (κ3) is 5.58. The van der Waals surface area contributed by atoms with Gasteiger partial charge in [0.25, 0.3) is 0 Å². The third-order valence-electron chi connectivity index (χ3n) is 4.44. The lowest BCUT2D eigenvalue weighted by atomic mass is 9.98. The van der Waals surface area contributed by atoms with E-state index in [0.717, 1.165) is 10.2 Å². The van der Waals surface area contributed by atoms with Gasteiger partial charge >= 0.3 is 12.1 Å². The summed E-state index contributed by atoms with van der Waals surface area (Å²) in [7, 11) is 0. The van der Waals surface area contributed by atoms with Gasteiger partial charge in [0, 0.05) is 23.4 Å². The summed E-state index contributed by atoms with van der Waals surface area (Å²) in [5.74, 6) is -1.94. The molecule has 152 valence electrons. The van der Waals surface area contributed by atoms with Gasteiger partial charge in [0.2, 0.25) is 5.91 Å². The van der Waals surface area contributed by atoms with Crippen LogP contribution in [-0.2, 0) is 22.6 Å². The van der Waals surface area contributed by atoms with Crippen molar-refractivity contribution in [2.75, 3.05) is 5.32 Å². The number of nitrogens with one attached hydrogen (secondary N) is 1. The Bertz CT molecular complexity index is 858. The van der Waals surface area contributed by atoms with Crippen LogP contribution in [0.15, 0.2) is 24.3 Å². The molecule has 2 N–H and O–H groups in total. The summed E-state index contributed by atoms with van der Waals surface area (Å²) in [6, 6.07) is 6.77. The fraction of sp³-hybridized carbons (Fsp3) is 0.421. The molecule has 2 rings (SSSR count). The highest BCUT2D eigenvalue weighted by Gasteiger charge is 2.31. The van der Waals surface area contributed by atoms with Crippen LogP contribution >= 0.6 is 0 Å². The van der Waals surface area contributed by atoms with Crippen molar-refractivity contribution in [1.82, 2.24) is 9.78 Å². The number of hydrogen-bond acceptors (Lipinski definition) is 3. The highest BCUT2D eigenvalue weighted by atomic mass is 19.4. The van der Waals surface area contributed by atoms with E-state index in [9.17, 15) is 22.8 Å². The number of hydrogen-bond donors (Lipinski definition) is 2. The number of aromatic nitrogens is 2. The molecule has 28 heavy (non-hydrogen) atoms. The second-order valence-electron chi connectivity index (χ2n) is 6.66. The number of carbonyl (C=O) groups excluding carboxylic acids is 1. The molecule has 2 aromatic rings. The summed E-state index contributed by atoms with van der Waals surface area (Å²) in [6.45, 7) is 3.51. The maximum absolute atomic E-state index is 12.7. The van der Waals surface area contributed by atoms with Crippen LogP contribution in [0, 0.1) is 13.8 Å². The zero-order chi connectivity index (χ0) is 21.1. The summed E-state index contributed by atoms with van der Waals surface area (Å²) in [6.07, 6.45) is -3.99. The summed E-state index contributed by atoms with van der Waals surface area (Å²) in [5, 5.41) is 15.4. The van der Waals surface area contributed by atoms with E-state index < -0.39 is 24.6 Å². The van der Waals surface area contributed by atoms with E-state index in [1.807, 2.05) is 0 Å². The standard InChI is InChI=1S/C19H22F3N3O3/c1-11(17-12(2)24-25(13(17)3)10-19(20,21)22)18(28)23-15-7-4-14(5-8-15)6-9-16(26)27/h4-5,7-8,11H,6,9-10H2,1-3H3,(H,23,28)(H,26,27). The molecule has 1 atom stereocenters. The van der Waals surface area contributed by atoms with Crippen molar-refractivity contribution < 1.29 is 27.9 Å². The average Bonchev–Trinajstić information content (AvgIpc) is 2.85. The van der Waals surface area contributed by atoms with Gasteiger partial charge in [0.05, 0.1) is 11.6 Å². The average molecular weight is 397 g/mol. The minimum absolute atomic E-state index is 0.0171. The fourth-order valence-electron chi connectivity index (χ4n) is 3.05. The summed E-state index contributed by atoms with van der Waals surface area (Å²) in [5.41, 5.74) is 2.51. The predicted octanol–water partition coefficient (Wildman–Crippen LogP) is 3.82. The molecule has 0 aliphatic carbocycles. The molecular formula is C19H22F3N3O3. The number of amides is 1. The quantitative estimate of drug-likeness (QED) is 0.744. The molecule has 1 aromatic carbocycles. The topological polar surface area (TPSA) is 84.2 Å². The molecule has 1 unspecified atom stereocenters. The predicted molar refractivity (Wildman–Crippen MR) is 97.2 cm³/mol. The van der Waals surface area contributed by atoms with Crippen LogP contribution in [0.2, 0.25) is 0 Å². The molecular weight excluding hydrogens is 375 g/mol. The number of anilines is 1. The van der Waals surface area contributed by atoms with Gasteiger partial charge in [-0.2, -0.15) is 18.3 Å². The monoisotopic (exact) mass is 397 g/mol. The van der Waals surface area contributed by atoms with Crippen LogP contribution in [0.1, 0.15) is 41.8 Å². The summed E-state index contributed by atoms with van der Waals surface area (Å²) in [4.78, 5) is 23.2. The number of aliphatic carboxylic acids is 1. The second-order valence-corrected chi connectivity index (χ2v) is 6.66. The lowest BCUT2D eigenvalue weighted by Crippen LogP contribution is -2.21. The van der Waals surface area contributed by atoms with Gasteiger partial charge in [-0.25, -0.2) is 0 Å². The molecule has 0 aliphatic rings. The van der Waals surface area contributed by atoms with Crippen molar-refractivity contribution in [3.63, 3.8) is 0 Å². The number of aryl methyl sites for hydroxylation is 2. The number of rotatable bonds is 7. The Morgan fingerprint density at radius 2 is 1.82 bits per heavy atom. The van der Waals surface area contributed by atoms with E-state index in [1.165, 1.54) is 6.92 Å². The molecule has 0 saturated carbocycles. The Kier molecular flexibility index (Phi) is 6.48. The van der Waals surface area contributed by atoms with E-state index in [0.29, 0.717) is 29.1 Å². The third-order valence-corrected chi connectivity index (χ3v) is 4.44. The number of carboxylic acids is 1. The first-order valence-corrected chi connectivity index (χ1v) is 8.70. The van der Waals surface area contributed by atoms with Gasteiger partial charge < -0.3 is 10.4 Å². The van der Waals surface area contributed by atoms with Crippen molar-refractivity contribution in [2.45, 2.75) is 52.3 Å². The molecule has 0 fully saturated rings. The second kappa shape index (κ2) is 8.45.